The molecule has 2 nitrogen and oxygen atoms in total. The van der Waals surface area contributed by atoms with Crippen LogP contribution in [0, 0.1) is 13.8 Å². The van der Waals surface area contributed by atoms with Gasteiger partial charge in [0.25, 0.3) is 0 Å². The lowest BCUT2D eigenvalue weighted by Gasteiger charge is -2.14. The van der Waals surface area contributed by atoms with Gasteiger partial charge in [0.05, 0.1) is 0 Å². The molecule has 0 aromatic heterocycles. The lowest BCUT2D eigenvalue weighted by Crippen LogP contribution is -2.29. The van der Waals surface area contributed by atoms with E-state index in [4.69, 9.17) is 0 Å². The molecule has 0 saturated carbocycles. The van der Waals surface area contributed by atoms with Gasteiger partial charge in [-0.3, -0.25) is 0 Å². The number of nitrogens with one attached hydrogen (secondary N) is 2. The molecule has 1 fully saturated rings. The van der Waals surface area contributed by atoms with Crippen molar-refractivity contribution in [3.8, 4) is 0 Å². The Kier molecular flexibility index (Phi) is 3.27. The number of aryl methyl sites for hydroxylation is 2. The van der Waals surface area contributed by atoms with Crippen molar-refractivity contribution in [2.75, 3.05) is 18.4 Å². The molecule has 1 aromatic carbocycles. The van der Waals surface area contributed by atoms with Crippen LogP contribution in [0.1, 0.15) is 24.0 Å². The van der Waals surface area contributed by atoms with E-state index in [0.717, 1.165) is 6.54 Å². The number of anilines is 1. The van der Waals surface area contributed by atoms with Crippen LogP contribution in [0.3, 0.4) is 0 Å². The van der Waals surface area contributed by atoms with Gasteiger partial charge in [0.1, 0.15) is 0 Å². The molecular formula is C13H20N2. The summed E-state index contributed by atoms with van der Waals surface area (Å²) in [5, 5.41) is 7.01. The molecule has 0 bridgehead atoms. The van der Waals surface area contributed by atoms with Crippen molar-refractivity contribution >= 4 is 5.69 Å². The molecule has 2 rings (SSSR count). The summed E-state index contributed by atoms with van der Waals surface area (Å²) in [6, 6.07) is 7.23. The van der Waals surface area contributed by atoms with Gasteiger partial charge in [0, 0.05) is 18.3 Å². The van der Waals surface area contributed by atoms with Gasteiger partial charge < -0.3 is 10.6 Å². The molecule has 1 atom stereocenters. The van der Waals surface area contributed by atoms with Crippen LogP contribution in [-0.4, -0.2) is 19.1 Å². The smallest absolute Gasteiger partial charge is 0.0370 e. The summed E-state index contributed by atoms with van der Waals surface area (Å²) in [5.41, 5.74) is 3.94. The molecule has 0 unspecified atom stereocenters. The maximum absolute atomic E-state index is 3.52. The first-order valence-corrected chi connectivity index (χ1v) is 5.80. The van der Waals surface area contributed by atoms with Crippen LogP contribution in [0.2, 0.25) is 0 Å². The van der Waals surface area contributed by atoms with Crippen LogP contribution in [0.15, 0.2) is 18.2 Å². The third-order valence-corrected chi connectivity index (χ3v) is 3.08. The van der Waals surface area contributed by atoms with Crippen LogP contribution in [0.5, 0.6) is 0 Å². The van der Waals surface area contributed by atoms with E-state index in [9.17, 15) is 0 Å². The fourth-order valence-electron chi connectivity index (χ4n) is 2.18. The molecule has 1 heterocycles. The van der Waals surface area contributed by atoms with Crippen molar-refractivity contribution in [3.63, 3.8) is 0 Å². The molecule has 82 valence electrons. The lowest BCUT2D eigenvalue weighted by atomic mass is 10.1. The van der Waals surface area contributed by atoms with Crippen molar-refractivity contribution < 1.29 is 0 Å². The van der Waals surface area contributed by atoms with Crippen LogP contribution in [0.4, 0.5) is 5.69 Å². The van der Waals surface area contributed by atoms with E-state index < -0.39 is 0 Å². The van der Waals surface area contributed by atoms with Gasteiger partial charge in [-0.1, -0.05) is 17.7 Å². The third kappa shape index (κ3) is 2.72. The van der Waals surface area contributed by atoms with Crippen molar-refractivity contribution in [2.24, 2.45) is 0 Å². The second-order valence-corrected chi connectivity index (χ2v) is 4.49. The largest absolute Gasteiger partial charge is 0.383 e. The van der Waals surface area contributed by atoms with Gasteiger partial charge in [-0.25, -0.2) is 0 Å². The maximum atomic E-state index is 3.52. The number of hydrogen-bond donors (Lipinski definition) is 2. The Balaban J connectivity index is 1.92. The molecule has 1 saturated heterocycles. The topological polar surface area (TPSA) is 24.1 Å². The Morgan fingerprint density at radius 3 is 2.93 bits per heavy atom. The first kappa shape index (κ1) is 10.5. The number of benzene rings is 1. The minimum Gasteiger partial charge on any atom is -0.383 e. The summed E-state index contributed by atoms with van der Waals surface area (Å²) in [6.45, 7) is 6.52. The van der Waals surface area contributed by atoms with E-state index in [1.807, 2.05) is 0 Å². The van der Waals surface area contributed by atoms with Gasteiger partial charge in [-0.2, -0.15) is 0 Å². The quantitative estimate of drug-likeness (QED) is 0.790. The first-order chi connectivity index (χ1) is 7.25. The van der Waals surface area contributed by atoms with Crippen molar-refractivity contribution in [1.29, 1.82) is 0 Å². The van der Waals surface area contributed by atoms with Gasteiger partial charge in [0.2, 0.25) is 0 Å². The van der Waals surface area contributed by atoms with Crippen LogP contribution in [-0.2, 0) is 0 Å². The minimum atomic E-state index is 0.658. The van der Waals surface area contributed by atoms with E-state index in [-0.39, 0.29) is 0 Å². The average Bonchev–Trinajstić information content (AvgIpc) is 2.69. The molecule has 2 N–H and O–H groups in total. The summed E-state index contributed by atoms with van der Waals surface area (Å²) in [5.74, 6) is 0. The highest BCUT2D eigenvalue weighted by atomic mass is 15.0. The molecule has 0 spiro atoms. The van der Waals surface area contributed by atoms with Crippen LogP contribution in [0.25, 0.3) is 0 Å². The fourth-order valence-corrected chi connectivity index (χ4v) is 2.18. The number of rotatable bonds is 3. The monoisotopic (exact) mass is 204 g/mol. The Morgan fingerprint density at radius 2 is 2.27 bits per heavy atom. The zero-order valence-electron chi connectivity index (χ0n) is 9.64. The lowest BCUT2D eigenvalue weighted by molar-refractivity contribution is 0.633. The minimum absolute atomic E-state index is 0.658. The molecule has 0 aliphatic carbocycles. The molecule has 0 amide bonds. The Hall–Kier alpha value is -1.02. The molecule has 1 aromatic rings. The molecule has 0 radical (unpaired) electrons. The summed E-state index contributed by atoms with van der Waals surface area (Å²) >= 11 is 0. The van der Waals surface area contributed by atoms with E-state index >= 15 is 0 Å². The van der Waals surface area contributed by atoms with Gasteiger partial charge in [-0.05, 0) is 44.9 Å². The van der Waals surface area contributed by atoms with Gasteiger partial charge in [-0.15, -0.1) is 0 Å². The maximum Gasteiger partial charge on any atom is 0.0370 e. The molecule has 2 heteroatoms. The fraction of sp³-hybridized carbons (Fsp3) is 0.538. The van der Waals surface area contributed by atoms with Crippen molar-refractivity contribution in [3.05, 3.63) is 29.3 Å². The van der Waals surface area contributed by atoms with Crippen molar-refractivity contribution in [1.82, 2.24) is 5.32 Å². The molecule has 1 aliphatic rings. The van der Waals surface area contributed by atoms with E-state index in [1.54, 1.807) is 0 Å². The first-order valence-electron chi connectivity index (χ1n) is 5.80. The van der Waals surface area contributed by atoms with E-state index in [2.05, 4.69) is 42.7 Å². The normalized spacial score (nSPS) is 20.5. The summed E-state index contributed by atoms with van der Waals surface area (Å²) in [7, 11) is 0. The van der Waals surface area contributed by atoms with Gasteiger partial charge in [0.15, 0.2) is 0 Å². The Labute approximate surface area is 92.1 Å². The SMILES string of the molecule is Cc1ccc(NC[C@H]2CCCN2)c(C)c1. The summed E-state index contributed by atoms with van der Waals surface area (Å²) in [6.07, 6.45) is 2.62. The summed E-state index contributed by atoms with van der Waals surface area (Å²) in [4.78, 5) is 0. The van der Waals surface area contributed by atoms with Gasteiger partial charge >= 0.3 is 0 Å². The Morgan fingerprint density at radius 1 is 1.40 bits per heavy atom. The predicted octanol–water partition coefficient (Wildman–Crippen LogP) is 2.47. The van der Waals surface area contributed by atoms with E-state index in [0.29, 0.717) is 6.04 Å². The number of hydrogen-bond acceptors (Lipinski definition) is 2. The molecule has 1 aliphatic heterocycles. The van der Waals surface area contributed by atoms with E-state index in [1.165, 1.54) is 36.2 Å². The standard InChI is InChI=1S/C13H20N2/c1-10-5-6-13(11(2)8-10)15-9-12-4-3-7-14-12/h5-6,8,12,14-15H,3-4,7,9H2,1-2H3/t12-/m1/s1. The second kappa shape index (κ2) is 4.67. The Bertz CT molecular complexity index is 327. The highest BCUT2D eigenvalue weighted by molar-refractivity contribution is 5.52. The third-order valence-electron chi connectivity index (χ3n) is 3.08. The molecule has 15 heavy (non-hydrogen) atoms. The van der Waals surface area contributed by atoms with Crippen molar-refractivity contribution in [2.45, 2.75) is 32.7 Å². The zero-order chi connectivity index (χ0) is 10.7. The predicted molar refractivity (Wildman–Crippen MR) is 65.4 cm³/mol. The average molecular weight is 204 g/mol. The van der Waals surface area contributed by atoms with Crippen LogP contribution < -0.4 is 10.6 Å². The summed E-state index contributed by atoms with van der Waals surface area (Å²) < 4.78 is 0. The van der Waals surface area contributed by atoms with Crippen LogP contribution >= 0.6 is 0 Å². The molecular weight excluding hydrogens is 184 g/mol. The zero-order valence-corrected chi connectivity index (χ0v) is 9.64. The second-order valence-electron chi connectivity index (χ2n) is 4.49. The highest BCUT2D eigenvalue weighted by Gasteiger charge is 2.13. The highest BCUT2D eigenvalue weighted by Crippen LogP contribution is 2.16.